The Hall–Kier alpha value is -2.58. The van der Waals surface area contributed by atoms with Crippen LogP contribution in [0.4, 0.5) is 0 Å². The molecule has 0 aromatic heterocycles. The van der Waals surface area contributed by atoms with Gasteiger partial charge in [0.25, 0.3) is 0 Å². The van der Waals surface area contributed by atoms with E-state index in [9.17, 15) is 19.5 Å². The Morgan fingerprint density at radius 2 is 2.00 bits per heavy atom. The lowest BCUT2D eigenvalue weighted by atomic mass is 9.71. The Labute approximate surface area is 236 Å². The summed E-state index contributed by atoms with van der Waals surface area (Å²) in [5, 5.41) is 10.5. The molecular weight excluding hydrogens is 512 g/mol. The van der Waals surface area contributed by atoms with Gasteiger partial charge in [0, 0.05) is 18.3 Å². The van der Waals surface area contributed by atoms with E-state index >= 15 is 0 Å². The zero-order chi connectivity index (χ0) is 28.0. The molecule has 39 heavy (non-hydrogen) atoms. The number of nitrogens with zero attached hydrogens (tertiary/aromatic N) is 2. The summed E-state index contributed by atoms with van der Waals surface area (Å²) in [6, 6.07) is 7.91. The number of fused-ring (bicyclic) bond motifs is 1. The molecule has 8 heteroatoms. The van der Waals surface area contributed by atoms with Crippen LogP contribution in [-0.2, 0) is 19.1 Å². The first kappa shape index (κ1) is 29.4. The second kappa shape index (κ2) is 13.2. The molecule has 2 unspecified atom stereocenters. The fourth-order valence-electron chi connectivity index (χ4n) is 6.67. The topological polar surface area (TPSA) is 87.2 Å². The normalized spacial score (nSPS) is 27.7. The minimum Gasteiger partial charge on any atom is -0.465 e. The van der Waals surface area contributed by atoms with E-state index in [1.807, 2.05) is 30.3 Å². The molecule has 2 bridgehead atoms. The third-order valence-electron chi connectivity index (χ3n) is 8.43. The summed E-state index contributed by atoms with van der Waals surface area (Å²) < 4.78 is 4.93. The quantitative estimate of drug-likeness (QED) is 0.195. The predicted molar refractivity (Wildman–Crippen MR) is 154 cm³/mol. The molecule has 0 radical (unpaired) electrons. The Kier molecular flexibility index (Phi) is 9.94. The summed E-state index contributed by atoms with van der Waals surface area (Å²) in [4.78, 5) is 45.6. The number of amides is 2. The van der Waals surface area contributed by atoms with Gasteiger partial charge >= 0.3 is 5.97 Å². The van der Waals surface area contributed by atoms with Crippen LogP contribution >= 0.6 is 11.8 Å². The highest BCUT2D eigenvalue weighted by atomic mass is 32.2. The van der Waals surface area contributed by atoms with Gasteiger partial charge in [0.05, 0.1) is 35.8 Å². The smallest absolute Gasteiger partial charge is 0.310 e. The van der Waals surface area contributed by atoms with Crippen LogP contribution in [0.2, 0.25) is 0 Å². The highest BCUT2D eigenvalue weighted by molar-refractivity contribution is 8.02. The maximum atomic E-state index is 14.4. The van der Waals surface area contributed by atoms with Crippen molar-refractivity contribution in [1.82, 2.24) is 9.80 Å². The zero-order valence-electron chi connectivity index (χ0n) is 23.0. The third kappa shape index (κ3) is 5.55. The van der Waals surface area contributed by atoms with Crippen LogP contribution in [0.15, 0.2) is 55.6 Å². The van der Waals surface area contributed by atoms with Crippen molar-refractivity contribution in [3.63, 3.8) is 0 Å². The third-order valence-corrected chi connectivity index (χ3v) is 10.4. The van der Waals surface area contributed by atoms with E-state index < -0.39 is 28.7 Å². The molecule has 0 saturated carbocycles. The molecule has 1 aromatic carbocycles. The zero-order valence-corrected chi connectivity index (χ0v) is 23.8. The molecule has 3 aliphatic rings. The lowest BCUT2D eigenvalue weighted by Gasteiger charge is -2.39. The Morgan fingerprint density at radius 1 is 1.23 bits per heavy atom. The molecule has 4 rings (SSSR count). The monoisotopic (exact) mass is 554 g/mol. The molecular formula is C31H42N2O5S. The Morgan fingerprint density at radius 3 is 2.67 bits per heavy atom. The summed E-state index contributed by atoms with van der Waals surface area (Å²) >= 11 is 1.63. The number of allylic oxidation sites excluding steroid dienone is 1. The first-order valence-electron chi connectivity index (χ1n) is 14.3. The van der Waals surface area contributed by atoms with Gasteiger partial charge in [-0.25, -0.2) is 0 Å². The number of carbonyl (C=O) groups is 3. The molecule has 3 fully saturated rings. The van der Waals surface area contributed by atoms with Crippen molar-refractivity contribution < 1.29 is 24.2 Å². The summed E-state index contributed by atoms with van der Waals surface area (Å²) in [6.07, 6.45) is 9.28. The van der Waals surface area contributed by atoms with Gasteiger partial charge in [-0.05, 0) is 37.7 Å². The predicted octanol–water partition coefficient (Wildman–Crippen LogP) is 4.53. The van der Waals surface area contributed by atoms with Crippen LogP contribution in [0.1, 0.15) is 63.5 Å². The number of esters is 1. The summed E-state index contributed by atoms with van der Waals surface area (Å²) in [7, 11) is 0. The molecule has 6 atom stereocenters. The van der Waals surface area contributed by atoms with Crippen molar-refractivity contribution in [2.24, 2.45) is 11.8 Å². The Bertz CT molecular complexity index is 1050. The van der Waals surface area contributed by atoms with E-state index in [0.717, 1.165) is 37.7 Å². The van der Waals surface area contributed by atoms with Crippen LogP contribution in [0.3, 0.4) is 0 Å². The SMILES string of the molecule is C=CCCCOC(=O)[C@@H]1[C@@H]2CCC3(S2)C(C(=O)N(CC=C)CCCCC)N([C@H](CO)c2ccccc2)C(=O)[C@H]13. The second-order valence-corrected chi connectivity index (χ2v) is 12.4. The van der Waals surface area contributed by atoms with E-state index in [0.29, 0.717) is 25.9 Å². The second-order valence-electron chi connectivity index (χ2n) is 10.8. The van der Waals surface area contributed by atoms with Crippen molar-refractivity contribution in [3.8, 4) is 0 Å². The number of ether oxygens (including phenoxy) is 1. The number of benzene rings is 1. The first-order chi connectivity index (χ1) is 18.9. The molecule has 3 saturated heterocycles. The maximum absolute atomic E-state index is 14.4. The number of aliphatic hydroxyl groups excluding tert-OH is 1. The fourth-order valence-corrected chi connectivity index (χ4v) is 8.86. The molecule has 3 heterocycles. The van der Waals surface area contributed by atoms with Crippen LogP contribution in [-0.4, -0.2) is 75.0 Å². The van der Waals surface area contributed by atoms with Crippen molar-refractivity contribution in [1.29, 1.82) is 0 Å². The summed E-state index contributed by atoms with van der Waals surface area (Å²) in [5.41, 5.74) is 0.770. The van der Waals surface area contributed by atoms with E-state index in [4.69, 9.17) is 4.74 Å². The minimum absolute atomic E-state index is 0.0550. The summed E-state index contributed by atoms with van der Waals surface area (Å²) in [5.74, 6) is -1.95. The van der Waals surface area contributed by atoms with Crippen molar-refractivity contribution in [2.75, 3.05) is 26.3 Å². The number of unbranched alkanes of at least 4 members (excludes halogenated alkanes) is 3. The molecule has 3 aliphatic heterocycles. The van der Waals surface area contributed by atoms with Gasteiger partial charge in [-0.1, -0.05) is 62.2 Å². The van der Waals surface area contributed by atoms with Crippen LogP contribution in [0.5, 0.6) is 0 Å². The standard InChI is InChI=1S/C31H42N2O5S/c1-4-7-12-19-32(18-6-3)29(36)27-31-17-16-24(39-31)25(30(37)38-20-13-8-5-2)26(31)28(35)33(27)23(21-34)22-14-10-9-11-15-22/h5-6,9-11,14-15,23-27,34H,2-4,7-8,12-13,16-21H2,1H3/t23-,24+,25-,26+,27?,31?/m1/s1. The number of thioether (sulfide) groups is 1. The minimum atomic E-state index is -0.775. The van der Waals surface area contributed by atoms with Crippen molar-refractivity contribution in [3.05, 3.63) is 61.2 Å². The van der Waals surface area contributed by atoms with Gasteiger partial charge in [-0.3, -0.25) is 14.4 Å². The number of likely N-dealkylation sites (tertiary alicyclic amines) is 1. The van der Waals surface area contributed by atoms with Crippen molar-refractivity contribution in [2.45, 2.75) is 74.0 Å². The van der Waals surface area contributed by atoms with Gasteiger partial charge in [-0.2, -0.15) is 0 Å². The van der Waals surface area contributed by atoms with Crippen LogP contribution in [0, 0.1) is 11.8 Å². The average Bonchev–Trinajstić information content (AvgIpc) is 3.59. The molecule has 1 aromatic rings. The van der Waals surface area contributed by atoms with E-state index in [-0.39, 0.29) is 36.2 Å². The lowest BCUT2D eigenvalue weighted by Crippen LogP contribution is -2.55. The molecule has 1 spiro atoms. The van der Waals surface area contributed by atoms with E-state index in [1.165, 1.54) is 0 Å². The molecule has 7 nitrogen and oxygen atoms in total. The molecule has 1 N–H and O–H groups in total. The number of carbonyl (C=O) groups excluding carboxylic acids is 3. The average molecular weight is 555 g/mol. The number of rotatable bonds is 15. The lowest BCUT2D eigenvalue weighted by molar-refractivity contribution is -0.154. The molecule has 0 aliphatic carbocycles. The maximum Gasteiger partial charge on any atom is 0.310 e. The highest BCUT2D eigenvalue weighted by Crippen LogP contribution is 2.67. The molecule has 2 amide bonds. The van der Waals surface area contributed by atoms with Gasteiger partial charge in [0.1, 0.15) is 6.04 Å². The van der Waals surface area contributed by atoms with Gasteiger partial charge in [0.15, 0.2) is 0 Å². The number of hydrogen-bond donors (Lipinski definition) is 1. The first-order valence-corrected chi connectivity index (χ1v) is 15.2. The highest BCUT2D eigenvalue weighted by Gasteiger charge is 2.74. The van der Waals surface area contributed by atoms with Gasteiger partial charge < -0.3 is 19.6 Å². The fraction of sp³-hybridized carbons (Fsp3) is 0.581. The number of hydrogen-bond acceptors (Lipinski definition) is 6. The van der Waals surface area contributed by atoms with Crippen LogP contribution in [0.25, 0.3) is 0 Å². The largest absolute Gasteiger partial charge is 0.465 e. The van der Waals surface area contributed by atoms with E-state index in [2.05, 4.69) is 20.1 Å². The van der Waals surface area contributed by atoms with Gasteiger partial charge in [0.2, 0.25) is 11.8 Å². The Balaban J connectivity index is 1.73. The number of aliphatic hydroxyl groups is 1. The van der Waals surface area contributed by atoms with Crippen LogP contribution < -0.4 is 0 Å². The van der Waals surface area contributed by atoms with Gasteiger partial charge in [-0.15, -0.1) is 24.9 Å². The molecule has 212 valence electrons. The van der Waals surface area contributed by atoms with E-state index in [1.54, 1.807) is 33.7 Å². The van der Waals surface area contributed by atoms with Crippen molar-refractivity contribution >= 4 is 29.5 Å². The summed E-state index contributed by atoms with van der Waals surface area (Å²) in [6.45, 7) is 10.6.